The van der Waals surface area contributed by atoms with Gasteiger partial charge in [-0.15, -0.1) is 5.10 Å². The minimum atomic E-state index is -1.25. The molecule has 9 heteroatoms. The van der Waals surface area contributed by atoms with E-state index in [1.165, 1.54) is 17.7 Å². The third kappa shape index (κ3) is 6.04. The summed E-state index contributed by atoms with van der Waals surface area (Å²) in [6, 6.07) is -0.171. The molecule has 2 saturated carbocycles. The Hall–Kier alpha value is -2.45. The summed E-state index contributed by atoms with van der Waals surface area (Å²) in [5, 5.41) is 9.37. The van der Waals surface area contributed by atoms with E-state index in [4.69, 9.17) is 11.5 Å². The van der Waals surface area contributed by atoms with E-state index in [1.54, 1.807) is 0 Å². The van der Waals surface area contributed by atoms with Gasteiger partial charge in [0, 0.05) is 12.1 Å². The SMILES string of the molecule is NC(N)=[NH+]/N=C1/C(=O)N(C2CCCCCCC2)C(=O)C1C(=O)NC1CCCCCCC1. The maximum Gasteiger partial charge on any atom is 0.362 e. The minimum Gasteiger partial charge on any atom is -0.352 e. The highest BCUT2D eigenvalue weighted by Crippen LogP contribution is 2.28. The second kappa shape index (κ2) is 11.2. The molecule has 3 aliphatic rings. The van der Waals surface area contributed by atoms with Gasteiger partial charge in [0.25, 0.3) is 5.91 Å². The van der Waals surface area contributed by atoms with Gasteiger partial charge >= 0.3 is 5.96 Å². The summed E-state index contributed by atoms with van der Waals surface area (Å²) in [5.41, 5.74) is 10.7. The number of hydrogen-bond donors (Lipinski definition) is 4. The maximum absolute atomic E-state index is 13.3. The molecule has 6 N–H and O–H groups in total. The van der Waals surface area contributed by atoms with Crippen molar-refractivity contribution in [3.8, 4) is 0 Å². The quantitative estimate of drug-likeness (QED) is 0.162. The van der Waals surface area contributed by atoms with Crippen LogP contribution in [0.15, 0.2) is 5.10 Å². The predicted octanol–water partition coefficient (Wildman–Crippen LogP) is 0.0234. The first kappa shape index (κ1) is 23.2. The van der Waals surface area contributed by atoms with E-state index in [1.807, 2.05) is 0 Å². The molecule has 1 atom stereocenters. The van der Waals surface area contributed by atoms with Crippen LogP contribution >= 0.6 is 0 Å². The number of hydrazone groups is 1. The van der Waals surface area contributed by atoms with Crippen LogP contribution < -0.4 is 21.9 Å². The summed E-state index contributed by atoms with van der Waals surface area (Å²) in [6.45, 7) is 0. The van der Waals surface area contributed by atoms with Gasteiger partial charge in [0.15, 0.2) is 11.6 Å². The Labute approximate surface area is 184 Å². The highest BCUT2D eigenvalue weighted by molar-refractivity contribution is 6.54. The number of likely N-dealkylation sites (tertiary alicyclic amines) is 1. The zero-order valence-corrected chi connectivity index (χ0v) is 18.4. The summed E-state index contributed by atoms with van der Waals surface area (Å²) in [4.78, 5) is 41.0. The first-order valence-electron chi connectivity index (χ1n) is 11.9. The van der Waals surface area contributed by atoms with E-state index < -0.39 is 23.6 Å². The van der Waals surface area contributed by atoms with Crippen LogP contribution in [-0.4, -0.2) is 46.4 Å². The summed E-state index contributed by atoms with van der Waals surface area (Å²) in [5.74, 6) is -2.89. The molecule has 0 aromatic rings. The first-order valence-corrected chi connectivity index (χ1v) is 11.9. The highest BCUT2D eigenvalue weighted by Gasteiger charge is 2.52. The average Bonchev–Trinajstić information content (AvgIpc) is 2.92. The molecule has 1 saturated heterocycles. The highest BCUT2D eigenvalue weighted by atomic mass is 16.2. The number of nitrogens with one attached hydrogen (secondary N) is 2. The molecule has 0 radical (unpaired) electrons. The third-order valence-electron chi connectivity index (χ3n) is 6.65. The van der Waals surface area contributed by atoms with E-state index >= 15 is 0 Å². The van der Waals surface area contributed by atoms with E-state index in [2.05, 4.69) is 15.5 Å². The molecule has 0 aromatic heterocycles. The topological polar surface area (TPSA) is 145 Å². The van der Waals surface area contributed by atoms with E-state index in [0.717, 1.165) is 77.0 Å². The van der Waals surface area contributed by atoms with Crippen LogP contribution in [-0.2, 0) is 14.4 Å². The Morgan fingerprint density at radius 1 is 0.871 bits per heavy atom. The van der Waals surface area contributed by atoms with Crippen LogP contribution in [0.2, 0.25) is 0 Å². The van der Waals surface area contributed by atoms with Crippen LogP contribution in [0.4, 0.5) is 0 Å². The van der Waals surface area contributed by atoms with Gasteiger partial charge in [0.05, 0.1) is 0 Å². The van der Waals surface area contributed by atoms with Crippen molar-refractivity contribution in [2.75, 3.05) is 0 Å². The number of carbonyl (C=O) groups excluding carboxylic acids is 3. The molecule has 0 bridgehead atoms. The second-order valence-corrected chi connectivity index (χ2v) is 9.06. The van der Waals surface area contributed by atoms with Crippen LogP contribution in [0.1, 0.15) is 89.9 Å². The van der Waals surface area contributed by atoms with E-state index in [0.29, 0.717) is 0 Å². The Morgan fingerprint density at radius 2 is 1.39 bits per heavy atom. The van der Waals surface area contributed by atoms with Gasteiger partial charge in [-0.25, -0.2) is 0 Å². The molecule has 0 spiro atoms. The zero-order valence-electron chi connectivity index (χ0n) is 18.4. The molecule has 1 aliphatic heterocycles. The molecule has 1 heterocycles. The van der Waals surface area contributed by atoms with Crippen LogP contribution in [0.3, 0.4) is 0 Å². The lowest BCUT2D eigenvalue weighted by atomic mass is 9.95. The summed E-state index contributed by atoms with van der Waals surface area (Å²) >= 11 is 0. The van der Waals surface area contributed by atoms with E-state index in [-0.39, 0.29) is 23.8 Å². The lowest BCUT2D eigenvalue weighted by Gasteiger charge is -2.28. The summed E-state index contributed by atoms with van der Waals surface area (Å²) in [6.07, 6.45) is 14.3. The zero-order chi connectivity index (χ0) is 22.2. The van der Waals surface area contributed by atoms with Crippen molar-refractivity contribution in [2.45, 2.75) is 102 Å². The van der Waals surface area contributed by atoms with Crippen LogP contribution in [0.25, 0.3) is 0 Å². The lowest BCUT2D eigenvalue weighted by molar-refractivity contribution is -0.464. The molecule has 31 heavy (non-hydrogen) atoms. The van der Waals surface area contributed by atoms with E-state index in [9.17, 15) is 14.4 Å². The van der Waals surface area contributed by atoms with Gasteiger partial charge in [0.1, 0.15) is 0 Å². The predicted molar refractivity (Wildman–Crippen MR) is 117 cm³/mol. The lowest BCUT2D eigenvalue weighted by Crippen LogP contribution is -2.73. The number of amides is 3. The van der Waals surface area contributed by atoms with Gasteiger partial charge < -0.3 is 5.32 Å². The number of imide groups is 1. The monoisotopic (exact) mass is 433 g/mol. The van der Waals surface area contributed by atoms with Crippen molar-refractivity contribution in [1.29, 1.82) is 0 Å². The molecule has 2 aliphatic carbocycles. The summed E-state index contributed by atoms with van der Waals surface area (Å²) in [7, 11) is 0. The van der Waals surface area contributed by atoms with Crippen molar-refractivity contribution in [3.63, 3.8) is 0 Å². The van der Waals surface area contributed by atoms with Crippen molar-refractivity contribution in [1.82, 2.24) is 10.2 Å². The number of hydrogen-bond acceptors (Lipinski definition) is 4. The Bertz CT molecular complexity index is 715. The second-order valence-electron chi connectivity index (χ2n) is 9.06. The number of guanidine groups is 1. The Balaban J connectivity index is 1.81. The van der Waals surface area contributed by atoms with Gasteiger partial charge in [-0.1, -0.05) is 64.2 Å². The Morgan fingerprint density at radius 3 is 1.94 bits per heavy atom. The van der Waals surface area contributed by atoms with Crippen LogP contribution in [0, 0.1) is 5.92 Å². The molecule has 1 unspecified atom stereocenters. The largest absolute Gasteiger partial charge is 0.362 e. The number of nitrogens with zero attached hydrogens (tertiary/aromatic N) is 2. The van der Waals surface area contributed by atoms with Crippen molar-refractivity contribution >= 4 is 29.4 Å². The van der Waals surface area contributed by atoms with Crippen LogP contribution in [0.5, 0.6) is 0 Å². The molecule has 3 rings (SSSR count). The smallest absolute Gasteiger partial charge is 0.352 e. The molecule has 0 aromatic carbocycles. The minimum absolute atomic E-state index is 0.0199. The fourth-order valence-electron chi connectivity index (χ4n) is 5.00. The molecule has 9 nitrogen and oxygen atoms in total. The molecule has 172 valence electrons. The average molecular weight is 434 g/mol. The fourth-order valence-corrected chi connectivity index (χ4v) is 5.00. The number of carbonyl (C=O) groups is 3. The first-order chi connectivity index (χ1) is 15.0. The van der Waals surface area contributed by atoms with Gasteiger partial charge in [-0.2, -0.15) is 5.10 Å². The standard InChI is InChI=1S/C22H36N6O3/c23-22(24)27-26-18-17(19(29)25-15-11-7-3-1-4-8-12-15)20(30)28(21(18)31)16-13-9-5-2-6-10-14-16/h15-17H,1-14H2,(H,25,29)(H4,23,24,27)/p+1/b26-18+. The van der Waals surface area contributed by atoms with Gasteiger partial charge in [0.2, 0.25) is 11.8 Å². The van der Waals surface area contributed by atoms with Crippen molar-refractivity contribution in [2.24, 2.45) is 22.5 Å². The van der Waals surface area contributed by atoms with Gasteiger partial charge in [-0.05, 0) is 25.7 Å². The van der Waals surface area contributed by atoms with Crippen molar-refractivity contribution < 1.29 is 19.5 Å². The molecule has 3 amide bonds. The molecular formula is C22H37N6O3+. The third-order valence-corrected chi connectivity index (χ3v) is 6.65. The summed E-state index contributed by atoms with van der Waals surface area (Å²) < 4.78 is 0. The maximum atomic E-state index is 13.3. The normalized spacial score (nSPS) is 26.1. The number of nitrogens with two attached hydrogens (primary N) is 2. The molecular weight excluding hydrogens is 396 g/mol. The van der Waals surface area contributed by atoms with Gasteiger partial charge in [-0.3, -0.25) is 30.8 Å². The number of rotatable bonds is 4. The fraction of sp³-hybridized carbons (Fsp3) is 0.773. The Kier molecular flexibility index (Phi) is 8.43. The van der Waals surface area contributed by atoms with Crippen molar-refractivity contribution in [3.05, 3.63) is 0 Å². The molecule has 3 fully saturated rings.